The highest BCUT2D eigenvalue weighted by molar-refractivity contribution is 5.37. The van der Waals surface area contributed by atoms with Gasteiger partial charge in [-0.3, -0.25) is 4.90 Å². The van der Waals surface area contributed by atoms with Crippen LogP contribution < -0.4 is 5.32 Å². The van der Waals surface area contributed by atoms with E-state index in [0.717, 1.165) is 18.8 Å². The highest BCUT2D eigenvalue weighted by atomic mass is 15.2. The van der Waals surface area contributed by atoms with Crippen LogP contribution in [0.4, 0.5) is 5.82 Å². The molecule has 1 aliphatic heterocycles. The van der Waals surface area contributed by atoms with E-state index in [1.165, 1.54) is 30.5 Å². The molecule has 2 atom stereocenters. The van der Waals surface area contributed by atoms with Gasteiger partial charge in [0, 0.05) is 24.8 Å². The first kappa shape index (κ1) is 16.0. The maximum absolute atomic E-state index is 4.61. The summed E-state index contributed by atoms with van der Waals surface area (Å²) in [6.07, 6.45) is 5.66. The number of nitrogens with one attached hydrogen (secondary N) is 1. The van der Waals surface area contributed by atoms with Gasteiger partial charge in [-0.25, -0.2) is 4.98 Å². The molecule has 2 unspecified atom stereocenters. The van der Waals surface area contributed by atoms with E-state index in [-0.39, 0.29) is 0 Å². The van der Waals surface area contributed by atoms with Gasteiger partial charge in [0.2, 0.25) is 0 Å². The Morgan fingerprint density at radius 3 is 2.74 bits per heavy atom. The second kappa shape index (κ2) is 7.60. The Morgan fingerprint density at radius 1 is 1.22 bits per heavy atom. The largest absolute Gasteiger partial charge is 0.368 e. The molecule has 2 heterocycles. The normalized spacial score (nSPS) is 19.7. The Bertz CT molecular complexity index is 594. The number of hydrogen-bond acceptors (Lipinski definition) is 3. The lowest BCUT2D eigenvalue weighted by molar-refractivity contribution is 0.248. The van der Waals surface area contributed by atoms with Gasteiger partial charge < -0.3 is 5.32 Å². The lowest BCUT2D eigenvalue weighted by atomic mass is 10.1. The summed E-state index contributed by atoms with van der Waals surface area (Å²) in [6.45, 7) is 6.57. The van der Waals surface area contributed by atoms with Crippen molar-refractivity contribution in [1.82, 2.24) is 9.88 Å². The van der Waals surface area contributed by atoms with Crippen LogP contribution in [0.25, 0.3) is 0 Å². The number of anilines is 1. The zero-order valence-electron chi connectivity index (χ0n) is 14.2. The summed E-state index contributed by atoms with van der Waals surface area (Å²) in [4.78, 5) is 7.19. The molecule has 3 heteroatoms. The summed E-state index contributed by atoms with van der Waals surface area (Å²) < 4.78 is 0. The van der Waals surface area contributed by atoms with Crippen LogP contribution >= 0.6 is 0 Å². The van der Waals surface area contributed by atoms with Crippen LogP contribution in [0.1, 0.15) is 50.3 Å². The molecular weight excluding hydrogens is 282 g/mol. The van der Waals surface area contributed by atoms with Gasteiger partial charge in [0.05, 0.1) is 0 Å². The van der Waals surface area contributed by atoms with E-state index in [4.69, 9.17) is 0 Å². The van der Waals surface area contributed by atoms with Crippen LogP contribution in [-0.4, -0.2) is 22.5 Å². The monoisotopic (exact) mass is 309 g/mol. The summed E-state index contributed by atoms with van der Waals surface area (Å²) in [5, 5.41) is 3.44. The predicted octanol–water partition coefficient (Wildman–Crippen LogP) is 4.63. The molecule has 122 valence electrons. The lowest BCUT2D eigenvalue weighted by Gasteiger charge is -2.25. The number of benzene rings is 1. The fourth-order valence-corrected chi connectivity index (χ4v) is 3.25. The van der Waals surface area contributed by atoms with Crippen LogP contribution in [0.15, 0.2) is 48.7 Å². The van der Waals surface area contributed by atoms with Crippen molar-refractivity contribution < 1.29 is 0 Å². The number of pyridine rings is 1. The van der Waals surface area contributed by atoms with E-state index >= 15 is 0 Å². The van der Waals surface area contributed by atoms with Gasteiger partial charge in [-0.05, 0) is 49.9 Å². The molecular formula is C20H27N3. The van der Waals surface area contributed by atoms with E-state index in [1.807, 2.05) is 0 Å². The van der Waals surface area contributed by atoms with E-state index in [9.17, 15) is 0 Å². The molecule has 23 heavy (non-hydrogen) atoms. The summed E-state index contributed by atoms with van der Waals surface area (Å²) >= 11 is 0. The molecule has 0 aliphatic carbocycles. The molecule has 1 aliphatic rings. The van der Waals surface area contributed by atoms with Gasteiger partial charge in [-0.15, -0.1) is 0 Å². The first-order valence-corrected chi connectivity index (χ1v) is 8.76. The third kappa shape index (κ3) is 4.11. The lowest BCUT2D eigenvalue weighted by Crippen LogP contribution is -2.23. The molecule has 1 N–H and O–H groups in total. The van der Waals surface area contributed by atoms with Crippen molar-refractivity contribution in [1.29, 1.82) is 0 Å². The highest BCUT2D eigenvalue weighted by Crippen LogP contribution is 2.33. The molecule has 1 aromatic carbocycles. The number of rotatable bonds is 6. The number of hydrogen-bond donors (Lipinski definition) is 1. The molecule has 0 bridgehead atoms. The molecule has 3 rings (SSSR count). The molecule has 0 radical (unpaired) electrons. The Balaban J connectivity index is 1.67. The van der Waals surface area contributed by atoms with Crippen molar-refractivity contribution in [2.45, 2.75) is 51.7 Å². The van der Waals surface area contributed by atoms with Crippen LogP contribution in [0, 0.1) is 0 Å². The van der Waals surface area contributed by atoms with Crippen molar-refractivity contribution in [3.8, 4) is 0 Å². The molecule has 0 amide bonds. The van der Waals surface area contributed by atoms with Crippen LogP contribution in [0.5, 0.6) is 0 Å². The van der Waals surface area contributed by atoms with Gasteiger partial charge in [0.1, 0.15) is 5.82 Å². The maximum Gasteiger partial charge on any atom is 0.126 e. The Labute approximate surface area is 139 Å². The third-order valence-electron chi connectivity index (χ3n) is 4.77. The van der Waals surface area contributed by atoms with Crippen LogP contribution in [-0.2, 0) is 6.54 Å². The second-order valence-corrected chi connectivity index (χ2v) is 6.54. The minimum absolute atomic E-state index is 0.467. The predicted molar refractivity (Wildman–Crippen MR) is 96.4 cm³/mol. The minimum Gasteiger partial charge on any atom is -0.368 e. The van der Waals surface area contributed by atoms with Crippen molar-refractivity contribution in [2.24, 2.45) is 0 Å². The topological polar surface area (TPSA) is 28.2 Å². The minimum atomic E-state index is 0.467. The molecule has 1 fully saturated rings. The number of likely N-dealkylation sites (tertiary alicyclic amines) is 1. The smallest absolute Gasteiger partial charge is 0.126 e. The zero-order chi connectivity index (χ0) is 16.1. The first-order chi connectivity index (χ1) is 11.3. The fraction of sp³-hybridized carbons (Fsp3) is 0.450. The Kier molecular flexibility index (Phi) is 5.29. The molecule has 1 saturated heterocycles. The van der Waals surface area contributed by atoms with E-state index in [2.05, 4.69) is 77.7 Å². The van der Waals surface area contributed by atoms with Gasteiger partial charge in [-0.1, -0.05) is 43.3 Å². The van der Waals surface area contributed by atoms with Crippen molar-refractivity contribution in [3.63, 3.8) is 0 Å². The molecule has 3 nitrogen and oxygen atoms in total. The van der Waals surface area contributed by atoms with Crippen molar-refractivity contribution in [2.75, 3.05) is 11.9 Å². The molecule has 0 saturated carbocycles. The quantitative estimate of drug-likeness (QED) is 0.843. The molecule has 0 spiro atoms. The molecule has 2 aromatic rings. The highest BCUT2D eigenvalue weighted by Gasteiger charge is 2.26. The standard InChI is InChI=1S/C20H27N3/c1-3-16(2)22-20-12-11-18(14-21-20)19-10-7-13-23(19)15-17-8-5-4-6-9-17/h4-6,8-9,11-12,14,16,19H,3,7,10,13,15H2,1-2H3,(H,21,22). The number of nitrogens with zero attached hydrogens (tertiary/aromatic N) is 2. The van der Waals surface area contributed by atoms with Gasteiger partial charge in [-0.2, -0.15) is 0 Å². The fourth-order valence-electron chi connectivity index (χ4n) is 3.25. The van der Waals surface area contributed by atoms with E-state index in [0.29, 0.717) is 12.1 Å². The van der Waals surface area contributed by atoms with E-state index < -0.39 is 0 Å². The SMILES string of the molecule is CCC(C)Nc1ccc(C2CCCN2Cc2ccccc2)cn1. The van der Waals surface area contributed by atoms with Crippen LogP contribution in [0.2, 0.25) is 0 Å². The summed E-state index contributed by atoms with van der Waals surface area (Å²) in [7, 11) is 0. The second-order valence-electron chi connectivity index (χ2n) is 6.54. The van der Waals surface area contributed by atoms with E-state index in [1.54, 1.807) is 0 Å². The summed E-state index contributed by atoms with van der Waals surface area (Å²) in [6, 6.07) is 16.1. The number of aromatic nitrogens is 1. The van der Waals surface area contributed by atoms with Crippen molar-refractivity contribution >= 4 is 5.82 Å². The average molecular weight is 309 g/mol. The average Bonchev–Trinajstić information content (AvgIpc) is 3.04. The molecule has 1 aromatic heterocycles. The van der Waals surface area contributed by atoms with Crippen molar-refractivity contribution in [3.05, 3.63) is 59.8 Å². The van der Waals surface area contributed by atoms with Gasteiger partial charge >= 0.3 is 0 Å². The first-order valence-electron chi connectivity index (χ1n) is 8.76. The Hall–Kier alpha value is -1.87. The maximum atomic E-state index is 4.61. The zero-order valence-corrected chi connectivity index (χ0v) is 14.2. The Morgan fingerprint density at radius 2 is 2.04 bits per heavy atom. The van der Waals surface area contributed by atoms with Gasteiger partial charge in [0.15, 0.2) is 0 Å². The third-order valence-corrected chi connectivity index (χ3v) is 4.77. The van der Waals surface area contributed by atoms with Crippen LogP contribution in [0.3, 0.4) is 0 Å². The van der Waals surface area contributed by atoms with Gasteiger partial charge in [0.25, 0.3) is 0 Å². The summed E-state index contributed by atoms with van der Waals surface area (Å²) in [5.41, 5.74) is 2.73. The summed E-state index contributed by atoms with van der Waals surface area (Å²) in [5.74, 6) is 0.982.